The summed E-state index contributed by atoms with van der Waals surface area (Å²) in [5.41, 5.74) is 6.41. The Morgan fingerprint density at radius 2 is 1.90 bits per heavy atom. The number of carbonyl (C=O) groups is 1. The second kappa shape index (κ2) is 7.29. The summed E-state index contributed by atoms with van der Waals surface area (Å²) in [6.45, 7) is 9.16. The van der Waals surface area contributed by atoms with E-state index in [1.54, 1.807) is 0 Å². The lowest BCUT2D eigenvalue weighted by molar-refractivity contribution is -0.120. The summed E-state index contributed by atoms with van der Waals surface area (Å²) in [6, 6.07) is 7.64. The minimum Gasteiger partial charge on any atom is -0.493 e. The third-order valence-corrected chi connectivity index (χ3v) is 2.61. The van der Waals surface area contributed by atoms with Gasteiger partial charge in [-0.2, -0.15) is 0 Å². The van der Waals surface area contributed by atoms with E-state index < -0.39 is 0 Å². The van der Waals surface area contributed by atoms with Crippen molar-refractivity contribution in [1.82, 2.24) is 5.32 Å². The molecular weight excluding hydrogens is 252 g/mol. The molecule has 112 valence electrons. The van der Waals surface area contributed by atoms with Crippen LogP contribution in [-0.2, 0) is 11.2 Å². The van der Waals surface area contributed by atoms with Crippen molar-refractivity contribution >= 4 is 5.91 Å². The molecule has 0 aromatic heterocycles. The molecule has 0 aliphatic rings. The zero-order valence-corrected chi connectivity index (χ0v) is 12.9. The molecule has 0 heterocycles. The van der Waals surface area contributed by atoms with Crippen molar-refractivity contribution in [2.75, 3.05) is 13.2 Å². The number of carbonyl (C=O) groups excluding carboxylic acids is 1. The van der Waals surface area contributed by atoms with Crippen LogP contribution in [-0.4, -0.2) is 24.6 Å². The fourth-order valence-electron chi connectivity index (χ4n) is 1.54. The molecule has 1 aromatic carbocycles. The Morgan fingerprint density at radius 3 is 2.40 bits per heavy atom. The number of benzene rings is 1. The maximum Gasteiger partial charge on any atom is 0.224 e. The summed E-state index contributed by atoms with van der Waals surface area (Å²) in [6.07, 6.45) is 0.362. The first-order valence-electron chi connectivity index (χ1n) is 7.03. The summed E-state index contributed by atoms with van der Waals surface area (Å²) < 4.78 is 5.60. The van der Waals surface area contributed by atoms with Crippen LogP contribution < -0.4 is 15.8 Å². The minimum atomic E-state index is -0.385. The number of nitrogens with two attached hydrogens (primary N) is 1. The number of hydrogen-bond donors (Lipinski definition) is 2. The molecule has 3 N–H and O–H groups in total. The monoisotopic (exact) mass is 278 g/mol. The largest absolute Gasteiger partial charge is 0.493 e. The van der Waals surface area contributed by atoms with E-state index in [9.17, 15) is 4.79 Å². The van der Waals surface area contributed by atoms with Gasteiger partial charge in [-0.05, 0) is 37.5 Å². The van der Waals surface area contributed by atoms with Crippen molar-refractivity contribution in [2.45, 2.75) is 39.7 Å². The SMILES string of the molecule is CC(C)COc1ccc(CC(=O)NCC(C)(C)N)cc1. The summed E-state index contributed by atoms with van der Waals surface area (Å²) >= 11 is 0. The van der Waals surface area contributed by atoms with E-state index in [4.69, 9.17) is 10.5 Å². The van der Waals surface area contributed by atoms with Gasteiger partial charge in [-0.3, -0.25) is 4.79 Å². The fraction of sp³-hybridized carbons (Fsp3) is 0.562. The van der Waals surface area contributed by atoms with Gasteiger partial charge in [-0.1, -0.05) is 26.0 Å². The summed E-state index contributed by atoms with van der Waals surface area (Å²) in [7, 11) is 0. The van der Waals surface area contributed by atoms with Crippen LogP contribution >= 0.6 is 0 Å². The van der Waals surface area contributed by atoms with Crippen molar-refractivity contribution < 1.29 is 9.53 Å². The first-order valence-corrected chi connectivity index (χ1v) is 7.03. The Kier molecular flexibility index (Phi) is 6.02. The number of amides is 1. The molecule has 0 unspecified atom stereocenters. The van der Waals surface area contributed by atoms with Crippen LogP contribution in [0.4, 0.5) is 0 Å². The molecule has 0 aliphatic heterocycles. The summed E-state index contributed by atoms with van der Waals surface area (Å²) in [4.78, 5) is 11.8. The molecule has 4 heteroatoms. The summed E-state index contributed by atoms with van der Waals surface area (Å²) in [5.74, 6) is 1.32. The van der Waals surface area contributed by atoms with Gasteiger partial charge >= 0.3 is 0 Å². The standard InChI is InChI=1S/C16H26N2O2/c1-12(2)10-20-14-7-5-13(6-8-14)9-15(19)18-11-16(3,4)17/h5-8,12H,9-11,17H2,1-4H3,(H,18,19). The molecule has 1 amide bonds. The van der Waals surface area contributed by atoms with Crippen molar-refractivity contribution in [3.05, 3.63) is 29.8 Å². The highest BCUT2D eigenvalue weighted by Crippen LogP contribution is 2.13. The highest BCUT2D eigenvalue weighted by Gasteiger charge is 2.12. The normalized spacial score (nSPS) is 11.5. The molecular formula is C16H26N2O2. The van der Waals surface area contributed by atoms with Crippen LogP contribution in [0.3, 0.4) is 0 Å². The van der Waals surface area contributed by atoms with Crippen LogP contribution in [0, 0.1) is 5.92 Å². The Morgan fingerprint density at radius 1 is 1.30 bits per heavy atom. The molecule has 1 rings (SSSR count). The van der Waals surface area contributed by atoms with E-state index in [2.05, 4.69) is 19.2 Å². The molecule has 0 spiro atoms. The lowest BCUT2D eigenvalue weighted by Gasteiger charge is -2.18. The van der Waals surface area contributed by atoms with E-state index in [0.29, 0.717) is 25.5 Å². The average Bonchev–Trinajstić information content (AvgIpc) is 2.35. The van der Waals surface area contributed by atoms with Gasteiger partial charge in [0.15, 0.2) is 0 Å². The summed E-state index contributed by atoms with van der Waals surface area (Å²) in [5, 5.41) is 2.83. The van der Waals surface area contributed by atoms with Crippen LogP contribution in [0.25, 0.3) is 0 Å². The molecule has 0 saturated heterocycles. The zero-order valence-electron chi connectivity index (χ0n) is 12.9. The van der Waals surface area contributed by atoms with Crippen molar-refractivity contribution in [1.29, 1.82) is 0 Å². The predicted molar refractivity (Wildman–Crippen MR) is 81.8 cm³/mol. The Balaban J connectivity index is 2.43. The maximum absolute atomic E-state index is 11.8. The number of nitrogens with one attached hydrogen (secondary N) is 1. The highest BCUT2D eigenvalue weighted by molar-refractivity contribution is 5.78. The molecule has 0 bridgehead atoms. The molecule has 4 nitrogen and oxygen atoms in total. The first-order chi connectivity index (χ1) is 9.26. The van der Waals surface area contributed by atoms with Crippen molar-refractivity contribution in [3.63, 3.8) is 0 Å². The number of hydrogen-bond acceptors (Lipinski definition) is 3. The van der Waals surface area contributed by atoms with Crippen LogP contribution in [0.5, 0.6) is 5.75 Å². The number of ether oxygens (including phenoxy) is 1. The van der Waals surface area contributed by atoms with E-state index in [-0.39, 0.29) is 11.4 Å². The molecule has 1 aromatic rings. The molecule has 0 fully saturated rings. The Bertz CT molecular complexity index is 419. The van der Waals surface area contributed by atoms with E-state index in [1.807, 2.05) is 38.1 Å². The van der Waals surface area contributed by atoms with Gasteiger partial charge < -0.3 is 15.8 Å². The molecule has 20 heavy (non-hydrogen) atoms. The van der Waals surface area contributed by atoms with Crippen molar-refractivity contribution in [2.24, 2.45) is 11.7 Å². The van der Waals surface area contributed by atoms with Gasteiger partial charge in [0.05, 0.1) is 13.0 Å². The van der Waals surface area contributed by atoms with Gasteiger partial charge in [-0.25, -0.2) is 0 Å². The van der Waals surface area contributed by atoms with Crippen LogP contribution in [0.2, 0.25) is 0 Å². The fourth-order valence-corrected chi connectivity index (χ4v) is 1.54. The minimum absolute atomic E-state index is 0.0145. The number of rotatable bonds is 7. The lowest BCUT2D eigenvalue weighted by atomic mass is 10.1. The Labute approximate surface area is 121 Å². The van der Waals surface area contributed by atoms with Crippen LogP contribution in [0.15, 0.2) is 24.3 Å². The predicted octanol–water partition coefficient (Wildman–Crippen LogP) is 2.12. The highest BCUT2D eigenvalue weighted by atomic mass is 16.5. The quantitative estimate of drug-likeness (QED) is 0.803. The second-order valence-electron chi connectivity index (χ2n) is 6.29. The smallest absolute Gasteiger partial charge is 0.224 e. The molecule has 0 atom stereocenters. The van der Waals surface area contributed by atoms with Crippen LogP contribution in [0.1, 0.15) is 33.3 Å². The second-order valence-corrected chi connectivity index (χ2v) is 6.29. The molecule has 0 aliphatic carbocycles. The molecule has 0 radical (unpaired) electrons. The Hall–Kier alpha value is -1.55. The van der Waals surface area contributed by atoms with E-state index in [0.717, 1.165) is 11.3 Å². The topological polar surface area (TPSA) is 64.3 Å². The first kappa shape index (κ1) is 16.5. The van der Waals surface area contributed by atoms with E-state index in [1.165, 1.54) is 0 Å². The van der Waals surface area contributed by atoms with Gasteiger partial charge in [0.25, 0.3) is 0 Å². The van der Waals surface area contributed by atoms with Gasteiger partial charge in [0.2, 0.25) is 5.91 Å². The average molecular weight is 278 g/mol. The van der Waals surface area contributed by atoms with E-state index >= 15 is 0 Å². The van der Waals surface area contributed by atoms with Gasteiger partial charge in [-0.15, -0.1) is 0 Å². The lowest BCUT2D eigenvalue weighted by Crippen LogP contribution is -2.45. The third-order valence-electron chi connectivity index (χ3n) is 2.61. The van der Waals surface area contributed by atoms with Gasteiger partial charge in [0.1, 0.15) is 5.75 Å². The third kappa shape index (κ3) is 7.14. The molecule has 0 saturated carbocycles. The van der Waals surface area contributed by atoms with Crippen molar-refractivity contribution in [3.8, 4) is 5.75 Å². The zero-order chi connectivity index (χ0) is 15.2. The maximum atomic E-state index is 11.8. The van der Waals surface area contributed by atoms with Gasteiger partial charge in [0, 0.05) is 12.1 Å².